The quantitative estimate of drug-likeness (QED) is 0.0789. The summed E-state index contributed by atoms with van der Waals surface area (Å²) in [7, 11) is -8.27. The summed E-state index contributed by atoms with van der Waals surface area (Å²) in [5.74, 6) is -1.05. The van der Waals surface area contributed by atoms with Crippen LogP contribution in [0.15, 0.2) is 123 Å². The second-order valence-electron chi connectivity index (χ2n) is 13.5. The van der Waals surface area contributed by atoms with Gasteiger partial charge >= 0.3 is 0 Å². The average Bonchev–Trinajstić information content (AvgIpc) is 3.43. The third-order valence-corrected chi connectivity index (χ3v) is 12.6. The van der Waals surface area contributed by atoms with Gasteiger partial charge in [0.1, 0.15) is 10.1 Å². The van der Waals surface area contributed by atoms with Crippen LogP contribution in [0.1, 0.15) is 109 Å². The number of hydroxylamine groups is 2. The minimum Gasteiger partial charge on any atom is -0.744 e. The van der Waals surface area contributed by atoms with Crippen LogP contribution in [0.5, 0.6) is 0 Å². The van der Waals surface area contributed by atoms with E-state index in [0.717, 1.165) is 5.56 Å². The molecule has 0 radical (unpaired) electrons. The fraction of sp³-hybridized carbons (Fsp3) is 0.366. The number of unbranched alkanes of at least 4 members (excludes halogenated alkanes) is 1. The van der Waals surface area contributed by atoms with Crippen LogP contribution in [-0.4, -0.2) is 44.0 Å². The molecule has 0 N–H and O–H groups in total. The molecule has 1 saturated heterocycles. The Labute approximate surface area is 319 Å². The predicted octanol–water partition coefficient (Wildman–Crippen LogP) is 8.94. The molecular formula is C41H51NO8S3. The van der Waals surface area contributed by atoms with Gasteiger partial charge in [0.05, 0.1) is 21.5 Å². The molecule has 4 aromatic rings. The summed E-state index contributed by atoms with van der Waals surface area (Å²) < 4.78 is 61.8. The summed E-state index contributed by atoms with van der Waals surface area (Å²) >= 11 is 0. The first-order valence-electron chi connectivity index (χ1n) is 17.8. The summed E-state index contributed by atoms with van der Waals surface area (Å²) in [6, 6.07) is 35.9. The molecule has 0 atom stereocenters. The molecule has 0 saturated carbocycles. The van der Waals surface area contributed by atoms with Gasteiger partial charge in [-0.3, -0.25) is 9.59 Å². The van der Waals surface area contributed by atoms with Crippen LogP contribution in [0.3, 0.4) is 0 Å². The van der Waals surface area contributed by atoms with Gasteiger partial charge in [0.15, 0.2) is 14.7 Å². The highest BCUT2D eigenvalue weighted by Crippen LogP contribution is 2.35. The molecule has 0 unspecified atom stereocenters. The number of carbonyl (C=O) groups excluding carboxylic acids is 2. The first-order chi connectivity index (χ1) is 25.0. The van der Waals surface area contributed by atoms with Crippen LogP contribution >= 0.6 is 0 Å². The number of hydrogen-bond acceptors (Lipinski definition) is 8. The van der Waals surface area contributed by atoms with Crippen LogP contribution in [-0.2, 0) is 45.0 Å². The third kappa shape index (κ3) is 12.9. The molecule has 1 fully saturated rings. The van der Waals surface area contributed by atoms with Crippen LogP contribution in [0.2, 0.25) is 0 Å². The molecule has 0 spiro atoms. The third-order valence-electron chi connectivity index (χ3n) is 8.21. The zero-order valence-electron chi connectivity index (χ0n) is 31.5. The Hall–Kier alpha value is -3.81. The fourth-order valence-corrected chi connectivity index (χ4v) is 9.75. The Morgan fingerprint density at radius 1 is 0.660 bits per heavy atom. The van der Waals surface area contributed by atoms with Crippen molar-refractivity contribution in [2.45, 2.75) is 111 Å². The van der Waals surface area contributed by atoms with Crippen LogP contribution in [0.4, 0.5) is 0 Å². The van der Waals surface area contributed by atoms with Crippen LogP contribution in [0.25, 0.3) is 0 Å². The molecule has 2 amide bonds. The topological polar surface area (TPSA) is 138 Å². The molecular weight excluding hydrogens is 731 g/mol. The van der Waals surface area contributed by atoms with Gasteiger partial charge in [0, 0.05) is 12.8 Å². The lowest BCUT2D eigenvalue weighted by atomic mass is 9.89. The normalized spacial score (nSPS) is 13.3. The summed E-state index contributed by atoms with van der Waals surface area (Å²) in [5.41, 5.74) is 2.37. The standard InChI is InChI=1S/C18H15S.C15H24O3S.C8H13NO5S/c1-4-10-16(11-5-1)19(17-12-6-2-7-13-17)18-14-8-3-9-15-18;1-9(2)12-7-13(10(3)4)15(19(16,17)18)14(8-12)11(5)6;1-2-3-6-15(12,13)14-9-7(10)4-5-8(9)11/h1-15H;7-11H,1-6H3,(H,16,17,18);2-6H2,1H3/q+1;;/p-1. The van der Waals surface area contributed by atoms with E-state index in [1.807, 2.05) is 46.8 Å². The zero-order chi connectivity index (χ0) is 39.3. The van der Waals surface area contributed by atoms with Gasteiger partial charge in [-0.2, -0.15) is 8.42 Å². The average molecular weight is 782 g/mol. The van der Waals surface area contributed by atoms with Gasteiger partial charge < -0.3 is 4.55 Å². The molecule has 9 nitrogen and oxygen atoms in total. The van der Waals surface area contributed by atoms with Gasteiger partial charge in [0.25, 0.3) is 21.9 Å². The van der Waals surface area contributed by atoms with Crippen molar-refractivity contribution in [3.05, 3.63) is 120 Å². The van der Waals surface area contributed by atoms with E-state index in [4.69, 9.17) is 0 Å². The minimum absolute atomic E-state index is 0.00919. The Balaban J connectivity index is 0.000000216. The van der Waals surface area contributed by atoms with Gasteiger partial charge in [-0.25, -0.2) is 8.42 Å². The van der Waals surface area contributed by atoms with Crippen molar-refractivity contribution in [1.82, 2.24) is 5.06 Å². The van der Waals surface area contributed by atoms with Gasteiger partial charge in [0.2, 0.25) is 0 Å². The summed E-state index contributed by atoms with van der Waals surface area (Å²) in [6.07, 6.45) is 1.17. The lowest BCUT2D eigenvalue weighted by Crippen LogP contribution is -2.33. The number of hydrogen-bond donors (Lipinski definition) is 0. The Bertz CT molecular complexity index is 1860. The molecule has 1 aliphatic rings. The van der Waals surface area contributed by atoms with Crippen molar-refractivity contribution in [2.24, 2.45) is 0 Å². The monoisotopic (exact) mass is 781 g/mol. The molecule has 5 rings (SSSR count). The molecule has 0 aromatic heterocycles. The van der Waals surface area contributed by atoms with Crippen molar-refractivity contribution in [3.8, 4) is 0 Å². The van der Waals surface area contributed by atoms with Gasteiger partial charge in [-0.15, -0.1) is 9.35 Å². The second-order valence-corrected chi connectivity index (χ2v) is 18.5. The molecule has 4 aromatic carbocycles. The van der Waals surface area contributed by atoms with Crippen molar-refractivity contribution >= 4 is 42.9 Å². The fourth-order valence-electron chi connectivity index (χ4n) is 5.37. The van der Waals surface area contributed by atoms with Crippen molar-refractivity contribution in [1.29, 1.82) is 0 Å². The second kappa shape index (κ2) is 20.0. The Morgan fingerprint density at radius 2 is 1.04 bits per heavy atom. The maximum absolute atomic E-state index is 11.6. The highest BCUT2D eigenvalue weighted by atomic mass is 32.2. The van der Waals surface area contributed by atoms with E-state index in [-0.39, 0.29) is 46.2 Å². The molecule has 1 aliphatic heterocycles. The number of amides is 2. The lowest BCUT2D eigenvalue weighted by molar-refractivity contribution is -0.163. The molecule has 1 heterocycles. The molecule has 0 aliphatic carbocycles. The van der Waals surface area contributed by atoms with Crippen molar-refractivity contribution in [3.63, 3.8) is 0 Å². The van der Waals surface area contributed by atoms with E-state index in [9.17, 15) is 31.0 Å². The molecule has 12 heteroatoms. The van der Waals surface area contributed by atoms with E-state index < -0.39 is 32.1 Å². The van der Waals surface area contributed by atoms with E-state index in [0.29, 0.717) is 34.9 Å². The summed E-state index contributed by atoms with van der Waals surface area (Å²) in [6.45, 7) is 13.6. The number of carbonyl (C=O) groups is 2. The van der Waals surface area contributed by atoms with E-state index in [1.54, 1.807) is 0 Å². The van der Waals surface area contributed by atoms with Crippen molar-refractivity contribution < 1.29 is 35.3 Å². The first kappa shape index (κ1) is 43.6. The smallest absolute Gasteiger partial charge is 0.288 e. The Morgan fingerprint density at radius 3 is 1.34 bits per heavy atom. The largest absolute Gasteiger partial charge is 0.744 e. The number of imide groups is 1. The number of rotatable bonds is 12. The maximum Gasteiger partial charge on any atom is 0.288 e. The summed E-state index contributed by atoms with van der Waals surface area (Å²) in [5, 5.41) is 0.352. The minimum atomic E-state index is -4.45. The molecule has 0 bridgehead atoms. The van der Waals surface area contributed by atoms with E-state index in [2.05, 4.69) is 109 Å². The molecule has 286 valence electrons. The first-order valence-corrected chi connectivity index (χ1v) is 22.0. The SMILES string of the molecule is CC(C)c1cc(C(C)C)c(S(=O)(=O)[O-])c(C(C)C)c1.CCCCS(=O)(=O)ON1C(=O)CCC1=O.c1ccc([S+](c2ccccc2)c2ccccc2)cc1. The lowest BCUT2D eigenvalue weighted by Gasteiger charge is -2.24. The van der Waals surface area contributed by atoms with Gasteiger partial charge in [-0.05, 0) is 77.3 Å². The number of benzene rings is 4. The number of nitrogens with zero attached hydrogens (tertiary/aromatic N) is 1. The summed E-state index contributed by atoms with van der Waals surface area (Å²) in [4.78, 5) is 26.2. The predicted molar refractivity (Wildman–Crippen MR) is 209 cm³/mol. The van der Waals surface area contributed by atoms with Crippen LogP contribution < -0.4 is 0 Å². The van der Waals surface area contributed by atoms with Crippen LogP contribution in [0, 0.1) is 0 Å². The van der Waals surface area contributed by atoms with E-state index >= 15 is 0 Å². The molecule has 53 heavy (non-hydrogen) atoms. The van der Waals surface area contributed by atoms with Gasteiger partial charge in [-0.1, -0.05) is 122 Å². The van der Waals surface area contributed by atoms with E-state index in [1.165, 1.54) is 14.7 Å². The van der Waals surface area contributed by atoms with Crippen molar-refractivity contribution in [2.75, 3.05) is 5.75 Å². The highest BCUT2D eigenvalue weighted by molar-refractivity contribution is 7.97. The zero-order valence-corrected chi connectivity index (χ0v) is 34.0. The maximum atomic E-state index is 11.6. The highest BCUT2D eigenvalue weighted by Gasteiger charge is 2.34. The Kier molecular flexibility index (Phi) is 16.5.